The molecule has 0 amide bonds. The van der Waals surface area contributed by atoms with Gasteiger partial charge in [0.1, 0.15) is 5.75 Å². The lowest BCUT2D eigenvalue weighted by molar-refractivity contribution is 0.268. The zero-order valence-electron chi connectivity index (χ0n) is 12.7. The highest BCUT2D eigenvalue weighted by atomic mass is 16.5. The van der Waals surface area contributed by atoms with Crippen LogP contribution in [0.4, 0.5) is 0 Å². The van der Waals surface area contributed by atoms with Crippen LogP contribution in [-0.4, -0.2) is 18.8 Å². The van der Waals surface area contributed by atoms with Crippen LogP contribution in [0.2, 0.25) is 0 Å². The minimum atomic E-state index is 0.408. The van der Waals surface area contributed by atoms with Crippen molar-refractivity contribution in [2.75, 3.05) is 13.7 Å². The van der Waals surface area contributed by atoms with Crippen LogP contribution < -0.4 is 4.74 Å². The Kier molecular flexibility index (Phi) is 7.69. The van der Waals surface area contributed by atoms with Crippen LogP contribution in [-0.2, 0) is 0 Å². The molecule has 1 aromatic rings. The number of ether oxygens (including phenoxy) is 1. The molecular formula is C16H28O2. The third kappa shape index (κ3) is 7.33. The Balaban J connectivity index is 0.00000137. The molecule has 0 unspecified atom stereocenters. The first-order valence-corrected chi connectivity index (χ1v) is 6.53. The van der Waals surface area contributed by atoms with Crippen molar-refractivity contribution in [2.45, 2.75) is 47.5 Å². The molecule has 0 spiro atoms. The Hall–Kier alpha value is -1.02. The van der Waals surface area contributed by atoms with Crippen molar-refractivity contribution in [3.05, 3.63) is 29.3 Å². The molecule has 0 aliphatic heterocycles. The summed E-state index contributed by atoms with van der Waals surface area (Å²) in [5.41, 5.74) is 2.89. The number of aryl methyl sites for hydroxylation is 2. The predicted molar refractivity (Wildman–Crippen MR) is 78.2 cm³/mol. The summed E-state index contributed by atoms with van der Waals surface area (Å²) in [5.74, 6) is 1.04. The standard InChI is InChI=1S/C15H24O.CH4O/c1-12-7-8-13(2)14(11-12)16-10-6-9-15(3,4)5;1-2/h7-8,11H,6,9-10H2,1-5H3;2H,1H3. The topological polar surface area (TPSA) is 29.5 Å². The fraction of sp³-hybridized carbons (Fsp3) is 0.625. The van der Waals surface area contributed by atoms with E-state index in [0.717, 1.165) is 25.9 Å². The first kappa shape index (κ1) is 17.0. The van der Waals surface area contributed by atoms with Gasteiger partial charge in [-0.3, -0.25) is 0 Å². The van der Waals surface area contributed by atoms with Crippen LogP contribution in [0.15, 0.2) is 18.2 Å². The fourth-order valence-electron chi connectivity index (χ4n) is 1.65. The van der Waals surface area contributed by atoms with Gasteiger partial charge in [-0.1, -0.05) is 32.9 Å². The van der Waals surface area contributed by atoms with Gasteiger partial charge in [-0.25, -0.2) is 0 Å². The van der Waals surface area contributed by atoms with Gasteiger partial charge in [0.25, 0.3) is 0 Å². The molecule has 1 aromatic carbocycles. The van der Waals surface area contributed by atoms with E-state index < -0.39 is 0 Å². The van der Waals surface area contributed by atoms with Crippen molar-refractivity contribution >= 4 is 0 Å². The second-order valence-corrected chi connectivity index (χ2v) is 5.78. The molecule has 0 atom stereocenters. The van der Waals surface area contributed by atoms with E-state index in [-0.39, 0.29) is 0 Å². The van der Waals surface area contributed by atoms with Crippen molar-refractivity contribution in [3.63, 3.8) is 0 Å². The van der Waals surface area contributed by atoms with Crippen LogP contribution in [0, 0.1) is 19.3 Å². The predicted octanol–water partition coefficient (Wildman–Crippen LogP) is 4.12. The average Bonchev–Trinajstić information content (AvgIpc) is 2.30. The van der Waals surface area contributed by atoms with Gasteiger partial charge in [-0.2, -0.15) is 0 Å². The second kappa shape index (κ2) is 8.15. The normalized spacial score (nSPS) is 10.6. The lowest BCUT2D eigenvalue weighted by Gasteiger charge is -2.18. The van der Waals surface area contributed by atoms with Crippen LogP contribution in [0.5, 0.6) is 5.75 Å². The average molecular weight is 252 g/mol. The third-order valence-electron chi connectivity index (χ3n) is 2.67. The van der Waals surface area contributed by atoms with E-state index in [1.54, 1.807) is 0 Å². The molecular weight excluding hydrogens is 224 g/mol. The molecule has 0 bridgehead atoms. The Morgan fingerprint density at radius 3 is 2.28 bits per heavy atom. The third-order valence-corrected chi connectivity index (χ3v) is 2.67. The fourth-order valence-corrected chi connectivity index (χ4v) is 1.65. The SMILES string of the molecule is CO.Cc1ccc(C)c(OCCCC(C)(C)C)c1. The van der Waals surface area contributed by atoms with E-state index in [2.05, 4.69) is 52.8 Å². The van der Waals surface area contributed by atoms with E-state index in [1.165, 1.54) is 17.5 Å². The number of aliphatic hydroxyl groups is 1. The maximum Gasteiger partial charge on any atom is 0.122 e. The van der Waals surface area contributed by atoms with Gasteiger partial charge in [0.05, 0.1) is 6.61 Å². The number of aliphatic hydroxyl groups excluding tert-OH is 1. The van der Waals surface area contributed by atoms with Crippen molar-refractivity contribution in [2.24, 2.45) is 5.41 Å². The number of rotatable bonds is 4. The van der Waals surface area contributed by atoms with Crippen LogP contribution in [0.25, 0.3) is 0 Å². The molecule has 2 heteroatoms. The smallest absolute Gasteiger partial charge is 0.122 e. The van der Waals surface area contributed by atoms with Gasteiger partial charge in [-0.05, 0) is 49.3 Å². The molecule has 0 saturated carbocycles. The lowest BCUT2D eigenvalue weighted by Crippen LogP contribution is -2.08. The highest BCUT2D eigenvalue weighted by molar-refractivity contribution is 5.35. The summed E-state index contributed by atoms with van der Waals surface area (Å²) in [4.78, 5) is 0. The summed E-state index contributed by atoms with van der Waals surface area (Å²) in [6, 6.07) is 6.36. The lowest BCUT2D eigenvalue weighted by atomic mass is 9.91. The molecule has 0 aliphatic carbocycles. The van der Waals surface area contributed by atoms with Gasteiger partial charge in [-0.15, -0.1) is 0 Å². The highest BCUT2D eigenvalue weighted by Crippen LogP contribution is 2.22. The largest absolute Gasteiger partial charge is 0.493 e. The Labute approximate surface area is 112 Å². The summed E-state index contributed by atoms with van der Waals surface area (Å²) in [6.07, 6.45) is 2.33. The van der Waals surface area contributed by atoms with E-state index >= 15 is 0 Å². The Bertz CT molecular complexity index is 337. The van der Waals surface area contributed by atoms with E-state index in [9.17, 15) is 0 Å². The Morgan fingerprint density at radius 2 is 1.72 bits per heavy atom. The molecule has 18 heavy (non-hydrogen) atoms. The zero-order valence-corrected chi connectivity index (χ0v) is 12.7. The molecule has 0 aliphatic rings. The maximum atomic E-state index is 7.00. The molecule has 0 radical (unpaired) electrons. The first-order valence-electron chi connectivity index (χ1n) is 6.53. The van der Waals surface area contributed by atoms with E-state index in [0.29, 0.717) is 5.41 Å². The number of hydrogen-bond donors (Lipinski definition) is 1. The quantitative estimate of drug-likeness (QED) is 0.817. The van der Waals surface area contributed by atoms with E-state index in [4.69, 9.17) is 9.84 Å². The summed E-state index contributed by atoms with van der Waals surface area (Å²) in [6.45, 7) is 11.8. The summed E-state index contributed by atoms with van der Waals surface area (Å²) in [5, 5.41) is 7.00. The van der Waals surface area contributed by atoms with Gasteiger partial charge in [0.15, 0.2) is 0 Å². The molecule has 0 fully saturated rings. The number of hydrogen-bond acceptors (Lipinski definition) is 2. The first-order chi connectivity index (χ1) is 8.38. The van der Waals surface area contributed by atoms with Crippen LogP contribution in [0.1, 0.15) is 44.7 Å². The van der Waals surface area contributed by atoms with Crippen LogP contribution >= 0.6 is 0 Å². The van der Waals surface area contributed by atoms with Gasteiger partial charge >= 0.3 is 0 Å². The van der Waals surface area contributed by atoms with Crippen molar-refractivity contribution in [1.82, 2.24) is 0 Å². The molecule has 104 valence electrons. The van der Waals surface area contributed by atoms with Crippen molar-refractivity contribution in [1.29, 1.82) is 0 Å². The summed E-state index contributed by atoms with van der Waals surface area (Å²) in [7, 11) is 1.00. The molecule has 0 heterocycles. The highest BCUT2D eigenvalue weighted by Gasteiger charge is 2.09. The van der Waals surface area contributed by atoms with Gasteiger partial charge in [0, 0.05) is 7.11 Å². The van der Waals surface area contributed by atoms with Crippen molar-refractivity contribution in [3.8, 4) is 5.75 Å². The van der Waals surface area contributed by atoms with Crippen LogP contribution in [0.3, 0.4) is 0 Å². The molecule has 0 saturated heterocycles. The minimum absolute atomic E-state index is 0.408. The summed E-state index contributed by atoms with van der Waals surface area (Å²) < 4.78 is 5.81. The van der Waals surface area contributed by atoms with Gasteiger partial charge < -0.3 is 9.84 Å². The molecule has 1 rings (SSSR count). The molecule has 1 N–H and O–H groups in total. The summed E-state index contributed by atoms with van der Waals surface area (Å²) >= 11 is 0. The Morgan fingerprint density at radius 1 is 1.11 bits per heavy atom. The maximum absolute atomic E-state index is 7.00. The minimum Gasteiger partial charge on any atom is -0.493 e. The monoisotopic (exact) mass is 252 g/mol. The van der Waals surface area contributed by atoms with Crippen molar-refractivity contribution < 1.29 is 9.84 Å². The zero-order chi connectivity index (χ0) is 14.2. The second-order valence-electron chi connectivity index (χ2n) is 5.78. The van der Waals surface area contributed by atoms with Gasteiger partial charge in [0.2, 0.25) is 0 Å². The van der Waals surface area contributed by atoms with E-state index in [1.807, 2.05) is 0 Å². The molecule has 0 aromatic heterocycles. The number of benzene rings is 1. The molecule has 2 nitrogen and oxygen atoms in total.